The van der Waals surface area contributed by atoms with Gasteiger partial charge in [-0.25, -0.2) is 0 Å². The Balaban J connectivity index is 1.52. The zero-order valence-corrected chi connectivity index (χ0v) is 21.2. The molecule has 0 radical (unpaired) electrons. The topological polar surface area (TPSA) is 93.9 Å². The van der Waals surface area contributed by atoms with Crippen molar-refractivity contribution in [3.63, 3.8) is 0 Å². The van der Waals surface area contributed by atoms with Gasteiger partial charge < -0.3 is 20.1 Å². The summed E-state index contributed by atoms with van der Waals surface area (Å²) in [6.45, 7) is 0.281. The van der Waals surface area contributed by atoms with Crippen LogP contribution in [0, 0.1) is 0 Å². The smallest absolute Gasteiger partial charge is 0.257 e. The van der Waals surface area contributed by atoms with E-state index in [1.54, 1.807) is 13.2 Å². The van der Waals surface area contributed by atoms with E-state index in [0.29, 0.717) is 28.7 Å². The quantitative estimate of drug-likeness (QED) is 0.436. The van der Waals surface area contributed by atoms with E-state index >= 15 is 0 Å². The Kier molecular flexibility index (Phi) is 8.38. The van der Waals surface area contributed by atoms with Gasteiger partial charge in [0, 0.05) is 18.2 Å². The molecule has 1 saturated carbocycles. The van der Waals surface area contributed by atoms with E-state index in [0.717, 1.165) is 42.0 Å². The van der Waals surface area contributed by atoms with E-state index in [4.69, 9.17) is 27.4 Å². The molecule has 0 saturated heterocycles. The number of nitrogens with zero attached hydrogens (tertiary/aromatic N) is 1. The standard InChI is InChI=1S/C28H31N3O4S/c1-34-25-15-19(11-14-24(25)35-18-26(29)32)17-31(23-9-3-2-4-10-23)28(36)30-27(33)22-13-12-20-7-5-6-8-21(20)16-22/h5-8,11-16,23H,2-4,9-10,17-18H2,1H3,(H2,29,32)(H,30,33,36). The number of benzene rings is 3. The number of nitrogens with two attached hydrogens (primary N) is 1. The van der Waals surface area contributed by atoms with E-state index in [1.165, 1.54) is 6.42 Å². The summed E-state index contributed by atoms with van der Waals surface area (Å²) in [4.78, 5) is 26.3. The van der Waals surface area contributed by atoms with Crippen molar-refractivity contribution in [3.05, 3.63) is 71.8 Å². The predicted octanol–water partition coefficient (Wildman–Crippen LogP) is 4.56. The third kappa shape index (κ3) is 6.31. The highest BCUT2D eigenvalue weighted by Crippen LogP contribution is 2.30. The van der Waals surface area contributed by atoms with Gasteiger partial charge in [-0.15, -0.1) is 0 Å². The Morgan fingerprint density at radius 3 is 2.47 bits per heavy atom. The van der Waals surface area contributed by atoms with Crippen molar-refractivity contribution in [1.82, 2.24) is 10.2 Å². The molecular weight excluding hydrogens is 474 g/mol. The third-order valence-electron chi connectivity index (χ3n) is 6.46. The monoisotopic (exact) mass is 505 g/mol. The number of carbonyl (C=O) groups excluding carboxylic acids is 2. The first-order chi connectivity index (χ1) is 17.4. The van der Waals surface area contributed by atoms with Crippen LogP contribution in [0.5, 0.6) is 11.5 Å². The number of thiocarbonyl (C=S) groups is 1. The van der Waals surface area contributed by atoms with Crippen molar-refractivity contribution in [2.24, 2.45) is 5.73 Å². The van der Waals surface area contributed by atoms with Gasteiger partial charge in [0.1, 0.15) is 0 Å². The van der Waals surface area contributed by atoms with Crippen LogP contribution in [0.3, 0.4) is 0 Å². The number of carbonyl (C=O) groups is 2. The Bertz CT molecular complexity index is 1260. The highest BCUT2D eigenvalue weighted by Gasteiger charge is 2.25. The summed E-state index contributed by atoms with van der Waals surface area (Å²) in [6.07, 6.45) is 5.50. The first-order valence-corrected chi connectivity index (χ1v) is 12.5. The van der Waals surface area contributed by atoms with Crippen molar-refractivity contribution in [3.8, 4) is 11.5 Å². The molecule has 1 fully saturated rings. The van der Waals surface area contributed by atoms with Crippen LogP contribution in [-0.4, -0.2) is 41.6 Å². The minimum absolute atomic E-state index is 0.223. The summed E-state index contributed by atoms with van der Waals surface area (Å²) in [5.41, 5.74) is 6.71. The van der Waals surface area contributed by atoms with Crippen LogP contribution in [0.15, 0.2) is 60.7 Å². The van der Waals surface area contributed by atoms with Crippen molar-refractivity contribution in [1.29, 1.82) is 0 Å². The summed E-state index contributed by atoms with van der Waals surface area (Å²) in [7, 11) is 1.55. The number of methoxy groups -OCH3 is 1. The van der Waals surface area contributed by atoms with Gasteiger partial charge in [0.15, 0.2) is 23.2 Å². The van der Waals surface area contributed by atoms with Gasteiger partial charge in [-0.05, 0) is 65.7 Å². The van der Waals surface area contributed by atoms with Gasteiger partial charge in [-0.2, -0.15) is 0 Å². The number of ether oxygens (including phenoxy) is 2. The zero-order valence-electron chi connectivity index (χ0n) is 20.4. The molecule has 3 aromatic rings. The molecule has 0 aromatic heterocycles. The second-order valence-electron chi connectivity index (χ2n) is 8.98. The fourth-order valence-corrected chi connectivity index (χ4v) is 4.91. The molecular formula is C28H31N3O4S. The van der Waals surface area contributed by atoms with Crippen LogP contribution in [0.2, 0.25) is 0 Å². The molecule has 1 aliphatic carbocycles. The van der Waals surface area contributed by atoms with Gasteiger partial charge >= 0.3 is 0 Å². The molecule has 4 rings (SSSR count). The number of amides is 2. The first-order valence-electron chi connectivity index (χ1n) is 12.1. The maximum Gasteiger partial charge on any atom is 0.257 e. The summed E-state index contributed by atoms with van der Waals surface area (Å²) >= 11 is 5.77. The van der Waals surface area contributed by atoms with Crippen LogP contribution in [0.4, 0.5) is 0 Å². The first kappa shape index (κ1) is 25.4. The molecule has 0 aliphatic heterocycles. The minimum Gasteiger partial charge on any atom is -0.493 e. The van der Waals surface area contributed by atoms with Crippen LogP contribution in [0.25, 0.3) is 10.8 Å². The summed E-state index contributed by atoms with van der Waals surface area (Å²) < 4.78 is 10.9. The van der Waals surface area contributed by atoms with Gasteiger partial charge in [-0.1, -0.05) is 55.7 Å². The zero-order chi connectivity index (χ0) is 25.5. The predicted molar refractivity (Wildman–Crippen MR) is 144 cm³/mol. The van der Waals surface area contributed by atoms with Crippen molar-refractivity contribution in [2.45, 2.75) is 44.7 Å². The minimum atomic E-state index is -0.558. The summed E-state index contributed by atoms with van der Waals surface area (Å²) in [5.74, 6) is 0.163. The fraction of sp³-hybridized carbons (Fsp3) is 0.321. The maximum atomic E-state index is 13.1. The van der Waals surface area contributed by atoms with Crippen LogP contribution >= 0.6 is 12.2 Å². The molecule has 0 bridgehead atoms. The molecule has 1 aliphatic rings. The lowest BCUT2D eigenvalue weighted by atomic mass is 9.94. The number of nitrogens with one attached hydrogen (secondary N) is 1. The van der Waals surface area contributed by atoms with Gasteiger partial charge in [-0.3, -0.25) is 14.9 Å². The normalized spacial score (nSPS) is 13.7. The lowest BCUT2D eigenvalue weighted by Crippen LogP contribution is -2.48. The molecule has 7 nitrogen and oxygen atoms in total. The molecule has 8 heteroatoms. The molecule has 36 heavy (non-hydrogen) atoms. The average molecular weight is 506 g/mol. The fourth-order valence-electron chi connectivity index (χ4n) is 4.61. The molecule has 0 atom stereocenters. The van der Waals surface area contributed by atoms with E-state index in [2.05, 4.69) is 10.2 Å². The van der Waals surface area contributed by atoms with Crippen molar-refractivity contribution >= 4 is 39.9 Å². The second-order valence-corrected chi connectivity index (χ2v) is 9.37. The Hall–Kier alpha value is -3.65. The van der Waals surface area contributed by atoms with Gasteiger partial charge in [0.2, 0.25) is 0 Å². The largest absolute Gasteiger partial charge is 0.493 e. The molecule has 188 valence electrons. The second kappa shape index (κ2) is 11.9. The number of rotatable bonds is 8. The van der Waals surface area contributed by atoms with Crippen LogP contribution in [0.1, 0.15) is 48.0 Å². The molecule has 0 spiro atoms. The number of hydrogen-bond acceptors (Lipinski definition) is 5. The lowest BCUT2D eigenvalue weighted by Gasteiger charge is -2.36. The average Bonchev–Trinajstić information content (AvgIpc) is 2.90. The van der Waals surface area contributed by atoms with E-state index in [-0.39, 0.29) is 18.6 Å². The van der Waals surface area contributed by atoms with Gasteiger partial charge in [0.25, 0.3) is 11.8 Å². The number of fused-ring (bicyclic) bond motifs is 1. The Morgan fingerprint density at radius 1 is 1.00 bits per heavy atom. The number of hydrogen-bond donors (Lipinski definition) is 2. The van der Waals surface area contributed by atoms with E-state index < -0.39 is 5.91 Å². The molecule has 2 amide bonds. The van der Waals surface area contributed by atoms with E-state index in [9.17, 15) is 9.59 Å². The summed E-state index contributed by atoms with van der Waals surface area (Å²) in [5, 5.41) is 5.46. The van der Waals surface area contributed by atoms with Crippen molar-refractivity contribution in [2.75, 3.05) is 13.7 Å². The highest BCUT2D eigenvalue weighted by atomic mass is 32.1. The molecule has 0 heterocycles. The number of primary amides is 1. The van der Waals surface area contributed by atoms with Crippen molar-refractivity contribution < 1.29 is 19.1 Å². The summed E-state index contributed by atoms with van der Waals surface area (Å²) in [6, 6.07) is 19.3. The molecule has 3 N–H and O–H groups in total. The maximum absolute atomic E-state index is 13.1. The van der Waals surface area contributed by atoms with Crippen LogP contribution in [-0.2, 0) is 11.3 Å². The van der Waals surface area contributed by atoms with E-state index in [1.807, 2.05) is 54.6 Å². The van der Waals surface area contributed by atoms with Crippen LogP contribution < -0.4 is 20.5 Å². The third-order valence-corrected chi connectivity index (χ3v) is 6.80. The Labute approximate surface area is 216 Å². The SMILES string of the molecule is COc1cc(CN(C(=S)NC(=O)c2ccc3ccccc3c2)C2CCCCC2)ccc1OCC(N)=O. The highest BCUT2D eigenvalue weighted by molar-refractivity contribution is 7.80. The Morgan fingerprint density at radius 2 is 1.75 bits per heavy atom. The van der Waals surface area contributed by atoms with Gasteiger partial charge in [0.05, 0.1) is 7.11 Å². The lowest BCUT2D eigenvalue weighted by molar-refractivity contribution is -0.119. The molecule has 0 unspecified atom stereocenters. The molecule has 3 aromatic carbocycles.